The Balaban J connectivity index is 2.19. The van der Waals surface area contributed by atoms with Crippen molar-refractivity contribution in [3.8, 4) is 5.69 Å². The molecule has 0 radical (unpaired) electrons. The number of aliphatic hydroxyl groups excluding tert-OH is 1. The molecule has 0 aliphatic carbocycles. The van der Waals surface area contributed by atoms with Crippen LogP contribution in [0.5, 0.6) is 0 Å². The molecule has 1 aromatic carbocycles. The number of carbonyl (C=O) groups is 1. The van der Waals surface area contributed by atoms with Crippen LogP contribution in [0.15, 0.2) is 30.3 Å². The fourth-order valence-electron chi connectivity index (χ4n) is 2.26. The van der Waals surface area contributed by atoms with Crippen LogP contribution in [-0.4, -0.2) is 26.9 Å². The van der Waals surface area contributed by atoms with Gasteiger partial charge in [-0.25, -0.2) is 4.68 Å². The summed E-state index contributed by atoms with van der Waals surface area (Å²) in [4.78, 5) is 12.1. The molecule has 2 rings (SSSR count). The molecule has 1 amide bonds. The molecule has 2 N–H and O–H groups in total. The van der Waals surface area contributed by atoms with Crippen molar-refractivity contribution in [1.29, 1.82) is 0 Å². The van der Waals surface area contributed by atoms with Crippen LogP contribution in [0.2, 0.25) is 0 Å². The van der Waals surface area contributed by atoms with Gasteiger partial charge in [-0.2, -0.15) is 5.10 Å². The summed E-state index contributed by atoms with van der Waals surface area (Å²) < 4.78 is 1.81. The summed E-state index contributed by atoms with van der Waals surface area (Å²) in [6.07, 6.45) is -0.544. The maximum atomic E-state index is 12.1. The molecule has 1 unspecified atom stereocenters. The number of carbonyl (C=O) groups excluding carboxylic acids is 1. The fraction of sp³-hybridized carbons (Fsp3) is 0.412. The maximum Gasteiger partial charge on any atom is 0.227 e. The minimum Gasteiger partial charge on any atom is -0.392 e. The molecule has 0 aliphatic rings. The molecule has 1 atom stereocenters. The maximum absolute atomic E-state index is 12.1. The minimum absolute atomic E-state index is 0.0555. The second kappa shape index (κ2) is 6.75. The highest BCUT2D eigenvalue weighted by Gasteiger charge is 2.18. The molecule has 2 aromatic rings. The van der Waals surface area contributed by atoms with E-state index < -0.39 is 6.10 Å². The lowest BCUT2D eigenvalue weighted by molar-refractivity contribution is -0.118. The number of aliphatic hydroxyl groups is 1. The molecule has 5 heteroatoms. The average Bonchev–Trinajstić information content (AvgIpc) is 2.76. The highest BCUT2D eigenvalue weighted by molar-refractivity contribution is 5.92. The molecule has 118 valence electrons. The van der Waals surface area contributed by atoms with Gasteiger partial charge in [0.15, 0.2) is 0 Å². The third-order valence-electron chi connectivity index (χ3n) is 3.72. The first-order chi connectivity index (χ1) is 10.4. The van der Waals surface area contributed by atoms with E-state index >= 15 is 0 Å². The zero-order valence-corrected chi connectivity index (χ0v) is 13.5. The number of benzene rings is 1. The van der Waals surface area contributed by atoms with E-state index in [0.29, 0.717) is 5.69 Å². The van der Waals surface area contributed by atoms with Gasteiger partial charge in [-0.15, -0.1) is 0 Å². The first kappa shape index (κ1) is 16.2. The van der Waals surface area contributed by atoms with Crippen LogP contribution in [0.4, 0.5) is 5.69 Å². The second-order valence-electron chi connectivity index (χ2n) is 5.86. The van der Waals surface area contributed by atoms with E-state index in [1.165, 1.54) is 0 Å². The van der Waals surface area contributed by atoms with E-state index in [-0.39, 0.29) is 18.2 Å². The molecule has 0 spiro atoms. The van der Waals surface area contributed by atoms with Crippen LogP contribution in [0.1, 0.15) is 31.7 Å². The number of aromatic nitrogens is 2. The van der Waals surface area contributed by atoms with Gasteiger partial charge in [-0.3, -0.25) is 4.79 Å². The Morgan fingerprint density at radius 1 is 1.27 bits per heavy atom. The van der Waals surface area contributed by atoms with Crippen LogP contribution < -0.4 is 5.32 Å². The highest BCUT2D eigenvalue weighted by atomic mass is 16.3. The van der Waals surface area contributed by atoms with Crippen LogP contribution in [0, 0.1) is 19.8 Å². The van der Waals surface area contributed by atoms with Gasteiger partial charge in [-0.1, -0.05) is 32.0 Å². The minimum atomic E-state index is -0.634. The van der Waals surface area contributed by atoms with Gasteiger partial charge in [0.25, 0.3) is 0 Å². The molecule has 0 bridgehead atoms. The Morgan fingerprint density at radius 2 is 1.91 bits per heavy atom. The second-order valence-corrected chi connectivity index (χ2v) is 5.86. The normalized spacial score (nSPS) is 12.5. The van der Waals surface area contributed by atoms with Crippen molar-refractivity contribution in [1.82, 2.24) is 9.78 Å². The number of nitrogens with one attached hydrogen (secondary N) is 1. The molecule has 0 saturated carbocycles. The van der Waals surface area contributed by atoms with Gasteiger partial charge < -0.3 is 10.4 Å². The Bertz CT molecular complexity index is 647. The van der Waals surface area contributed by atoms with E-state index in [4.69, 9.17) is 0 Å². The molecular weight excluding hydrogens is 278 g/mol. The number of hydrogen-bond acceptors (Lipinski definition) is 3. The first-order valence-corrected chi connectivity index (χ1v) is 7.49. The monoisotopic (exact) mass is 301 g/mol. The average molecular weight is 301 g/mol. The van der Waals surface area contributed by atoms with E-state index in [1.807, 2.05) is 62.7 Å². The quantitative estimate of drug-likeness (QED) is 0.892. The van der Waals surface area contributed by atoms with Crippen molar-refractivity contribution in [3.63, 3.8) is 0 Å². The van der Waals surface area contributed by atoms with Gasteiger partial charge in [0, 0.05) is 0 Å². The molecule has 0 aliphatic heterocycles. The molecule has 0 fully saturated rings. The number of hydrogen-bond donors (Lipinski definition) is 2. The summed E-state index contributed by atoms with van der Waals surface area (Å²) in [5.74, 6) is -0.139. The Labute approximate surface area is 131 Å². The predicted molar refractivity (Wildman–Crippen MR) is 87.1 cm³/mol. The molecular formula is C17H23N3O2. The summed E-state index contributed by atoms with van der Waals surface area (Å²) in [5.41, 5.74) is 3.29. The van der Waals surface area contributed by atoms with Crippen molar-refractivity contribution in [2.45, 2.75) is 40.2 Å². The van der Waals surface area contributed by atoms with Gasteiger partial charge in [0.05, 0.1) is 35.3 Å². The Kier molecular flexibility index (Phi) is 4.98. The first-order valence-electron chi connectivity index (χ1n) is 7.49. The zero-order chi connectivity index (χ0) is 16.3. The van der Waals surface area contributed by atoms with E-state index in [9.17, 15) is 9.90 Å². The van der Waals surface area contributed by atoms with Crippen molar-refractivity contribution in [3.05, 3.63) is 41.7 Å². The lowest BCUT2D eigenvalue weighted by Gasteiger charge is -2.14. The Hall–Kier alpha value is -2.14. The summed E-state index contributed by atoms with van der Waals surface area (Å²) >= 11 is 0. The van der Waals surface area contributed by atoms with Gasteiger partial charge in [-0.05, 0) is 31.9 Å². The predicted octanol–water partition coefficient (Wildman–Crippen LogP) is 2.83. The molecule has 0 saturated heterocycles. The number of para-hydroxylation sites is 1. The van der Waals surface area contributed by atoms with Gasteiger partial charge in [0.1, 0.15) is 0 Å². The summed E-state index contributed by atoms with van der Waals surface area (Å²) in [6.45, 7) is 7.56. The van der Waals surface area contributed by atoms with E-state index in [2.05, 4.69) is 10.4 Å². The van der Waals surface area contributed by atoms with Crippen LogP contribution >= 0.6 is 0 Å². The van der Waals surface area contributed by atoms with Crippen molar-refractivity contribution < 1.29 is 9.90 Å². The summed E-state index contributed by atoms with van der Waals surface area (Å²) in [7, 11) is 0. The SMILES string of the molecule is Cc1nn(-c2ccccc2)c(C)c1NC(=O)CC(O)C(C)C. The number of rotatable bonds is 5. The van der Waals surface area contributed by atoms with Gasteiger partial charge >= 0.3 is 0 Å². The lowest BCUT2D eigenvalue weighted by Crippen LogP contribution is -2.24. The lowest BCUT2D eigenvalue weighted by atomic mass is 10.0. The molecule has 22 heavy (non-hydrogen) atoms. The van der Waals surface area contributed by atoms with Crippen LogP contribution in [0.3, 0.4) is 0 Å². The standard InChI is InChI=1S/C17H23N3O2/c1-11(2)15(21)10-16(22)18-17-12(3)19-20(13(17)4)14-8-6-5-7-9-14/h5-9,11,15,21H,10H2,1-4H3,(H,18,22). The van der Waals surface area contributed by atoms with Crippen LogP contribution in [-0.2, 0) is 4.79 Å². The number of amides is 1. The fourth-order valence-corrected chi connectivity index (χ4v) is 2.26. The van der Waals surface area contributed by atoms with Crippen LogP contribution in [0.25, 0.3) is 5.69 Å². The number of aryl methyl sites for hydroxylation is 1. The topological polar surface area (TPSA) is 67.2 Å². The van der Waals surface area contributed by atoms with E-state index in [1.54, 1.807) is 0 Å². The summed E-state index contributed by atoms with van der Waals surface area (Å²) in [6, 6.07) is 9.78. The van der Waals surface area contributed by atoms with Crippen molar-refractivity contribution >= 4 is 11.6 Å². The van der Waals surface area contributed by atoms with Crippen molar-refractivity contribution in [2.24, 2.45) is 5.92 Å². The Morgan fingerprint density at radius 3 is 2.50 bits per heavy atom. The summed E-state index contributed by atoms with van der Waals surface area (Å²) in [5, 5.41) is 17.2. The molecule has 5 nitrogen and oxygen atoms in total. The number of anilines is 1. The van der Waals surface area contributed by atoms with Crippen molar-refractivity contribution in [2.75, 3.05) is 5.32 Å². The molecule has 1 heterocycles. The number of nitrogens with zero attached hydrogens (tertiary/aromatic N) is 2. The molecule has 1 aromatic heterocycles. The highest BCUT2D eigenvalue weighted by Crippen LogP contribution is 2.23. The zero-order valence-electron chi connectivity index (χ0n) is 13.5. The third-order valence-corrected chi connectivity index (χ3v) is 3.72. The largest absolute Gasteiger partial charge is 0.392 e. The van der Waals surface area contributed by atoms with Gasteiger partial charge in [0.2, 0.25) is 5.91 Å². The van der Waals surface area contributed by atoms with E-state index in [0.717, 1.165) is 17.1 Å². The third kappa shape index (κ3) is 3.54. The smallest absolute Gasteiger partial charge is 0.227 e.